The fraction of sp³-hybridized carbons (Fsp3) is 0.691. The molecule has 0 aliphatic carbocycles. The average Bonchev–Trinajstić information content (AvgIpc) is 1.72. The van der Waals surface area contributed by atoms with Crippen LogP contribution in [-0.4, -0.2) is 132 Å². The Kier molecular flexibility index (Phi) is 499. The first-order valence-electron chi connectivity index (χ1n) is 29.6. The number of esters is 2. The largest absolute Gasteiger partial charge is 0.449 e. The number of nitrogens with zero attached hydrogens (tertiary/aromatic N) is 10. The first kappa shape index (κ1) is 314. The molecule has 3 heterocycles. The number of hydroxylamine groups is 2. The Balaban J connectivity index is -0.0000000147. The van der Waals surface area contributed by atoms with E-state index in [1.54, 1.807) is 74.4 Å². The number of fused-ring (bicyclic) bond motifs is 1. The summed E-state index contributed by atoms with van der Waals surface area (Å²) in [5.41, 5.74) is 20.4. The number of ether oxygens (including phenoxy) is 3. The van der Waals surface area contributed by atoms with E-state index >= 15 is 0 Å². The van der Waals surface area contributed by atoms with Crippen molar-refractivity contribution < 1.29 is 122 Å². The SMILES string of the molecule is C.C.C.C.C.C.C.C.C.C.C.C.C.C.C.C.C.C.C.C.C.C.C.C.C.C.C.C.C.C.C.C.C.C.C.C.C.C.C.CCBr.CCC(=O)NN.CCC(=O)ON1C(=O)CCC1=O.CCC(=O)Oc1c(Cl)cc(Cl)cc1Cl.CCC(=O)Oc1ccc([N+](=O)[O-])cc1.CCC(=O)On1nnc2ccccc21.CCC(N)=O.CCN.CCN=[N+]=[N-].CCOC(=O)n1ccnc1.CCON.CCO[S-](=O)=O.CCS.[Y]. The predicted molar refractivity (Wildman–Crippen MR) is 642 cm³/mol. The Bertz CT molecular complexity index is 3130. The van der Waals surface area contributed by atoms with Gasteiger partial charge in [0.15, 0.2) is 5.75 Å². The second-order valence-corrected chi connectivity index (χ2v) is 19.9. The van der Waals surface area contributed by atoms with Gasteiger partial charge in [-0.3, -0.25) is 44.3 Å². The number of hydrazine groups is 1. The number of amides is 4. The van der Waals surface area contributed by atoms with Gasteiger partial charge in [0.1, 0.15) is 23.1 Å². The summed E-state index contributed by atoms with van der Waals surface area (Å²) in [6.07, 6.45) is 6.24. The number of azide groups is 1. The number of carbonyl (C=O) groups excluding carboxylic acids is 9. The molecule has 0 unspecified atom stereocenters. The molecule has 2 aromatic heterocycles. The number of non-ortho nitro benzene ring substituents is 1. The fourth-order valence-corrected chi connectivity index (χ4v) is 5.47. The van der Waals surface area contributed by atoms with Crippen LogP contribution in [-0.2, 0) is 109 Å². The minimum Gasteiger partial charge on any atom is -0.449 e. The van der Waals surface area contributed by atoms with E-state index < -0.39 is 39.7 Å². The Morgan fingerprint density at radius 1 is 0.561 bits per heavy atom. The van der Waals surface area contributed by atoms with Crippen LogP contribution in [0.15, 0.2) is 84.5 Å². The van der Waals surface area contributed by atoms with Crippen LogP contribution in [0, 0.1) is 10.1 Å². The molecule has 875 valence electrons. The maximum Gasteiger partial charge on any atom is 0.419 e. The number of imidazole rings is 1. The average molecular weight is 2280 g/mol. The second-order valence-electron chi connectivity index (χ2n) is 16.3. The number of alkyl halides is 1. The molecule has 0 bridgehead atoms. The first-order valence-corrected chi connectivity index (χ1v) is 33.5. The standard InChI is InChI=1S/C9H7Cl3O2.C9H9N3O2.C9H9NO4.C7H9NO4.C6H8N2O2.C3H8N2O.C3H7NO.C2H5Br.C2H5N3.C2H7NO.C2H7N.C2H5O3S.C2H6S.39CH4.Y/c1-2-8(13)14-9-6(11)3-5(10)4-7(9)12;1-2-9(13)14-12-8-6-4-3-5-7(8)10-11-12;1-2-9(11)14-8-5-3-7(4-6-8)10(12)13;1-2-7(11)12-8-5(9)3-4-6(8)10;1-2-10-6(9)8-4-3-7-5-8;1-2-3(6)5-4;1-2-3(4)5;1-2-3;1-2-4-5-3;1-2-4-3;1-2-3;1-2-5-6(3)4;1-2-3;;;;;;;;;;;;;;;;;;;;;;;;;;;;;;;;;;;;;;;;/h3-4H,2H2,1H3;2*3-6H,2H2,1H3;2-4H2,1H3;3-5H,2H2,1H3;2,4H2,1H3,(H,5,6);2H2,1H3,(H2,4,5);2H2,1H3;2H2,1H3;2-3H2,1H3;2-3H2,1H3;2H2,1H3;3H,2H2,1H3;39*1H4;/q;;;;;;;;;;;-1;;;;;;;;;;;;;;;;;;;;;;;;;;;;;;;;;;;;;;;;;. The third-order valence-electron chi connectivity index (χ3n) is 8.72. The molecule has 35 nitrogen and oxygen atoms in total. The molecule has 4 amide bonds. The zero-order valence-electron chi connectivity index (χ0n) is 58.0. The number of nitrogens with one attached hydrogen (secondary N) is 1. The predicted octanol–water partition coefficient (Wildman–Crippen LogP) is 35.4. The molecule has 0 spiro atoms. The van der Waals surface area contributed by atoms with E-state index in [9.17, 15) is 61.7 Å². The smallest absolute Gasteiger partial charge is 0.419 e. The van der Waals surface area contributed by atoms with Gasteiger partial charge < -0.3 is 52.8 Å². The van der Waals surface area contributed by atoms with E-state index in [1.165, 1.54) is 59.7 Å². The van der Waals surface area contributed by atoms with Gasteiger partial charge in [-0.05, 0) is 80.2 Å². The summed E-state index contributed by atoms with van der Waals surface area (Å²) in [5.74, 6) is 7.72. The van der Waals surface area contributed by atoms with Crippen molar-refractivity contribution in [3.8, 4) is 11.5 Å². The summed E-state index contributed by atoms with van der Waals surface area (Å²) in [7, 11) is -2.32. The van der Waals surface area contributed by atoms with E-state index in [2.05, 4.69) is 89.9 Å². The Labute approximate surface area is 924 Å². The zero-order valence-corrected chi connectivity index (χ0v) is 66.4. The van der Waals surface area contributed by atoms with E-state index in [0.717, 1.165) is 22.5 Å². The monoisotopic (exact) mass is 2280 g/mol. The normalized spacial score (nSPS) is 6.96. The van der Waals surface area contributed by atoms with Gasteiger partial charge in [-0.1, -0.05) is 432 Å². The molecule has 0 saturated carbocycles. The van der Waals surface area contributed by atoms with E-state index in [-0.39, 0.29) is 412 Å². The van der Waals surface area contributed by atoms with E-state index in [0.29, 0.717) is 65.9 Å². The molecule has 139 heavy (non-hydrogen) atoms. The Hall–Kier alpha value is -7.04. The zero-order chi connectivity index (χ0) is 77.7. The van der Waals surface area contributed by atoms with Crippen LogP contribution in [0.1, 0.15) is 431 Å². The number of aromatic nitrogens is 5. The van der Waals surface area contributed by atoms with E-state index in [1.807, 2.05) is 45.3 Å². The third-order valence-corrected chi connectivity index (χ3v) is 9.93. The van der Waals surface area contributed by atoms with Crippen molar-refractivity contribution in [3.05, 3.63) is 115 Å². The molecule has 42 heteroatoms. The molecule has 1 aliphatic heterocycles. The van der Waals surface area contributed by atoms with Gasteiger partial charge in [0, 0.05) is 137 Å². The van der Waals surface area contributed by atoms with Crippen molar-refractivity contribution >= 4 is 145 Å². The van der Waals surface area contributed by atoms with Gasteiger partial charge >= 0.3 is 30.0 Å². The van der Waals surface area contributed by atoms with Crippen LogP contribution in [0.5, 0.6) is 11.5 Å². The van der Waals surface area contributed by atoms with Crippen molar-refractivity contribution in [2.75, 3.05) is 44.0 Å². The molecule has 1 saturated heterocycles. The number of benzene rings is 3. The number of imide groups is 1. The van der Waals surface area contributed by atoms with Crippen molar-refractivity contribution in [1.29, 1.82) is 0 Å². The molecular formula is C97H248BrCl3N15O20S2Y-. The molecule has 9 N–H and O–H groups in total. The summed E-state index contributed by atoms with van der Waals surface area (Å²) in [5, 5.41) is 23.5. The van der Waals surface area contributed by atoms with Crippen LogP contribution < -0.4 is 42.9 Å². The van der Waals surface area contributed by atoms with Gasteiger partial charge in [0.05, 0.1) is 39.2 Å². The molecule has 6 rings (SSSR count). The van der Waals surface area contributed by atoms with E-state index in [4.69, 9.17) is 60.4 Å². The number of carbonyl (C=O) groups is 9. The summed E-state index contributed by atoms with van der Waals surface area (Å²) >= 11 is 24.2. The van der Waals surface area contributed by atoms with Crippen molar-refractivity contribution in [2.45, 2.75) is 431 Å². The summed E-state index contributed by atoms with van der Waals surface area (Å²) < 4.78 is 38.4. The number of thiol groups is 1. The van der Waals surface area contributed by atoms with Crippen molar-refractivity contribution in [2.24, 2.45) is 28.3 Å². The van der Waals surface area contributed by atoms with Crippen LogP contribution in [0.4, 0.5) is 10.5 Å². The number of nitro benzene ring substituents is 1. The molecule has 5 aromatic rings. The molecule has 1 aliphatic rings. The molecule has 1 radical (unpaired) electrons. The van der Waals surface area contributed by atoms with Crippen molar-refractivity contribution in [3.63, 3.8) is 0 Å². The van der Waals surface area contributed by atoms with Crippen LogP contribution >= 0.6 is 63.4 Å². The number of rotatable bonds is 16. The topological polar surface area (TPSA) is 512 Å². The van der Waals surface area contributed by atoms with Gasteiger partial charge in [0.25, 0.3) is 17.5 Å². The van der Waals surface area contributed by atoms with Gasteiger partial charge in [0.2, 0.25) is 11.8 Å². The first-order chi connectivity index (χ1) is 46.9. The number of para-hydroxylation sites is 1. The maximum absolute atomic E-state index is 11.0. The molecule has 3 aromatic carbocycles. The van der Waals surface area contributed by atoms with Crippen LogP contribution in [0.3, 0.4) is 0 Å². The maximum atomic E-state index is 11.0. The summed E-state index contributed by atoms with van der Waals surface area (Å²) in [4.78, 5) is 126. The number of hydrogen-bond donors (Lipinski definition) is 6. The van der Waals surface area contributed by atoms with Crippen molar-refractivity contribution in [1.82, 2.24) is 35.2 Å². The third kappa shape index (κ3) is 194. The quantitative estimate of drug-likeness (QED) is 0.00424. The Morgan fingerprint density at radius 3 is 1.13 bits per heavy atom. The minimum atomic E-state index is -2.32. The number of halogens is 4. The number of nitro groups is 1. The molecule has 0 atom stereocenters. The second kappa shape index (κ2) is 221. The van der Waals surface area contributed by atoms with Gasteiger partial charge in [-0.2, -0.15) is 12.6 Å². The van der Waals surface area contributed by atoms with Gasteiger partial charge in [-0.15, -0.1) is 10.2 Å². The molecular weight excluding hydrogens is 2030 g/mol. The fourth-order valence-electron chi connectivity index (χ4n) is 4.38. The summed E-state index contributed by atoms with van der Waals surface area (Å²) in [6, 6.07) is 15.6. The van der Waals surface area contributed by atoms with Crippen LogP contribution in [0.2, 0.25) is 15.1 Å². The number of primary amides is 1. The number of nitrogens with two attached hydrogens (primary N) is 4. The van der Waals surface area contributed by atoms with Crippen LogP contribution in [0.25, 0.3) is 21.5 Å². The Morgan fingerprint density at radius 2 is 0.892 bits per heavy atom. The molecule has 1 fully saturated rings. The number of hydrogen-bond acceptors (Lipinski definition) is 29. The minimum absolute atomic E-state index is 0. The van der Waals surface area contributed by atoms with Gasteiger partial charge in [-0.25, -0.2) is 35.7 Å². The summed E-state index contributed by atoms with van der Waals surface area (Å²) in [6.45, 7) is 25.6.